The molecule has 1 unspecified atom stereocenters. The Morgan fingerprint density at radius 3 is 2.58 bits per heavy atom. The molecule has 19 heavy (non-hydrogen) atoms. The molecule has 4 heteroatoms. The van der Waals surface area contributed by atoms with Crippen molar-refractivity contribution in [1.82, 2.24) is 5.32 Å². The molecule has 1 aliphatic rings. The van der Waals surface area contributed by atoms with E-state index in [0.717, 1.165) is 18.4 Å². The van der Waals surface area contributed by atoms with Gasteiger partial charge >= 0.3 is 0 Å². The third-order valence-corrected chi connectivity index (χ3v) is 3.45. The molecule has 0 bridgehead atoms. The lowest BCUT2D eigenvalue weighted by Gasteiger charge is -2.31. The van der Waals surface area contributed by atoms with Crippen LogP contribution < -0.4 is 5.32 Å². The van der Waals surface area contributed by atoms with Crippen molar-refractivity contribution < 1.29 is 13.9 Å². The molecule has 1 atom stereocenters. The van der Waals surface area contributed by atoms with Crippen LogP contribution in [-0.2, 0) is 9.53 Å². The Labute approximate surface area is 112 Å². The molecule has 0 aliphatic carbocycles. The van der Waals surface area contributed by atoms with Crippen LogP contribution in [0.25, 0.3) is 0 Å². The third kappa shape index (κ3) is 3.64. The van der Waals surface area contributed by atoms with Gasteiger partial charge in [0.2, 0.25) is 5.91 Å². The Bertz CT molecular complexity index is 438. The number of amides is 1. The third-order valence-electron chi connectivity index (χ3n) is 3.45. The first-order valence-corrected chi connectivity index (χ1v) is 6.47. The summed E-state index contributed by atoms with van der Waals surface area (Å²) in [5.41, 5.74) is 0.920. The second-order valence-corrected chi connectivity index (χ2v) is 4.69. The van der Waals surface area contributed by atoms with E-state index in [9.17, 15) is 9.18 Å². The minimum absolute atomic E-state index is 0.116. The molecule has 0 aromatic heterocycles. The quantitative estimate of drug-likeness (QED) is 0.848. The van der Waals surface area contributed by atoms with Gasteiger partial charge in [-0.25, -0.2) is 4.39 Å². The number of benzene rings is 1. The smallest absolute Gasteiger partial charge is 0.243 e. The second kappa shape index (κ2) is 6.48. The maximum Gasteiger partial charge on any atom is 0.243 e. The maximum absolute atomic E-state index is 13.0. The van der Waals surface area contributed by atoms with E-state index in [-0.39, 0.29) is 17.8 Å². The number of hydrogen-bond donors (Lipinski definition) is 1. The fourth-order valence-electron chi connectivity index (χ4n) is 2.40. The summed E-state index contributed by atoms with van der Waals surface area (Å²) >= 11 is 0. The minimum Gasteiger partial charge on any atom is -0.381 e. The molecule has 1 aromatic rings. The summed E-state index contributed by atoms with van der Waals surface area (Å²) in [6.07, 6.45) is 3.04. The lowest BCUT2D eigenvalue weighted by Crippen LogP contribution is -2.35. The van der Waals surface area contributed by atoms with Crippen molar-refractivity contribution in [2.24, 2.45) is 5.92 Å². The van der Waals surface area contributed by atoms with Gasteiger partial charge in [0.05, 0.1) is 6.04 Å². The summed E-state index contributed by atoms with van der Waals surface area (Å²) < 4.78 is 18.3. The van der Waals surface area contributed by atoms with Gasteiger partial charge in [-0.2, -0.15) is 0 Å². The normalized spacial score (nSPS) is 17.7. The number of nitrogens with one attached hydrogen (secondary N) is 1. The molecule has 3 nitrogen and oxygen atoms in total. The monoisotopic (exact) mass is 263 g/mol. The highest BCUT2D eigenvalue weighted by Crippen LogP contribution is 2.30. The fraction of sp³-hybridized carbons (Fsp3) is 0.400. The van der Waals surface area contributed by atoms with Crippen LogP contribution in [0.4, 0.5) is 4.39 Å². The Kier molecular flexibility index (Phi) is 4.68. The van der Waals surface area contributed by atoms with Crippen LogP contribution in [0.15, 0.2) is 36.9 Å². The molecular weight excluding hydrogens is 245 g/mol. The largest absolute Gasteiger partial charge is 0.381 e. The van der Waals surface area contributed by atoms with E-state index in [1.165, 1.54) is 18.2 Å². The molecule has 1 aromatic carbocycles. The molecule has 0 spiro atoms. The van der Waals surface area contributed by atoms with Gasteiger partial charge in [-0.15, -0.1) is 0 Å². The summed E-state index contributed by atoms with van der Waals surface area (Å²) in [6.45, 7) is 4.87. The van der Waals surface area contributed by atoms with Crippen LogP contribution in [0.1, 0.15) is 24.4 Å². The van der Waals surface area contributed by atoms with Gasteiger partial charge in [0.15, 0.2) is 0 Å². The van der Waals surface area contributed by atoms with Crippen molar-refractivity contribution >= 4 is 5.91 Å². The Morgan fingerprint density at radius 2 is 2.00 bits per heavy atom. The number of carbonyl (C=O) groups excluding carboxylic acids is 1. The average molecular weight is 263 g/mol. The summed E-state index contributed by atoms with van der Waals surface area (Å²) in [5, 5.41) is 2.94. The number of ether oxygens (including phenoxy) is 1. The summed E-state index contributed by atoms with van der Waals surface area (Å²) in [6, 6.07) is 6.16. The minimum atomic E-state index is -0.274. The van der Waals surface area contributed by atoms with Crippen LogP contribution in [0, 0.1) is 11.7 Å². The van der Waals surface area contributed by atoms with Crippen molar-refractivity contribution in [3.63, 3.8) is 0 Å². The Balaban J connectivity index is 2.19. The van der Waals surface area contributed by atoms with E-state index >= 15 is 0 Å². The van der Waals surface area contributed by atoms with Crippen molar-refractivity contribution in [1.29, 1.82) is 0 Å². The zero-order valence-corrected chi connectivity index (χ0v) is 10.8. The first kappa shape index (κ1) is 13.7. The van der Waals surface area contributed by atoms with Crippen LogP contribution >= 0.6 is 0 Å². The van der Waals surface area contributed by atoms with E-state index in [4.69, 9.17) is 4.74 Å². The van der Waals surface area contributed by atoms with Crippen LogP contribution in [-0.4, -0.2) is 19.1 Å². The zero-order valence-electron chi connectivity index (χ0n) is 10.8. The molecule has 2 rings (SSSR count). The predicted molar refractivity (Wildman–Crippen MR) is 71.0 cm³/mol. The number of carbonyl (C=O) groups is 1. The fourth-order valence-corrected chi connectivity index (χ4v) is 2.40. The molecule has 1 amide bonds. The van der Waals surface area contributed by atoms with E-state index in [2.05, 4.69) is 11.9 Å². The van der Waals surface area contributed by atoms with Crippen LogP contribution in [0.3, 0.4) is 0 Å². The van der Waals surface area contributed by atoms with Gasteiger partial charge in [0, 0.05) is 13.2 Å². The predicted octanol–water partition coefficient (Wildman–Crippen LogP) is 2.60. The van der Waals surface area contributed by atoms with E-state index < -0.39 is 0 Å². The van der Waals surface area contributed by atoms with Gasteiger partial charge in [0.25, 0.3) is 0 Å². The highest BCUT2D eigenvalue weighted by Gasteiger charge is 2.26. The van der Waals surface area contributed by atoms with Crippen molar-refractivity contribution in [3.8, 4) is 0 Å². The molecule has 0 saturated carbocycles. The van der Waals surface area contributed by atoms with Crippen molar-refractivity contribution in [2.45, 2.75) is 18.9 Å². The number of halogens is 1. The molecule has 1 N–H and O–H groups in total. The van der Waals surface area contributed by atoms with E-state index in [1.54, 1.807) is 12.1 Å². The van der Waals surface area contributed by atoms with Crippen LogP contribution in [0.5, 0.6) is 0 Å². The Hall–Kier alpha value is -1.68. The standard InChI is InChI=1S/C15H18FNO2/c1-2-14(18)17-15(12-7-9-19-10-8-12)11-3-5-13(16)6-4-11/h2-6,12,15H,1,7-10H2,(H,17,18). The lowest BCUT2D eigenvalue weighted by molar-refractivity contribution is -0.117. The number of rotatable bonds is 4. The van der Waals surface area contributed by atoms with Crippen LogP contribution in [0.2, 0.25) is 0 Å². The maximum atomic E-state index is 13.0. The molecule has 0 radical (unpaired) electrons. The molecule has 102 valence electrons. The first-order chi connectivity index (χ1) is 9.20. The second-order valence-electron chi connectivity index (χ2n) is 4.69. The van der Waals surface area contributed by atoms with Gasteiger partial charge in [-0.1, -0.05) is 18.7 Å². The molecule has 1 heterocycles. The van der Waals surface area contributed by atoms with Gasteiger partial charge in [-0.3, -0.25) is 4.79 Å². The van der Waals surface area contributed by atoms with Crippen molar-refractivity contribution in [2.75, 3.05) is 13.2 Å². The SMILES string of the molecule is C=CC(=O)NC(c1ccc(F)cc1)C1CCOCC1. The van der Waals surface area contributed by atoms with E-state index in [1.807, 2.05) is 0 Å². The van der Waals surface area contributed by atoms with Crippen molar-refractivity contribution in [3.05, 3.63) is 48.3 Å². The first-order valence-electron chi connectivity index (χ1n) is 6.47. The topological polar surface area (TPSA) is 38.3 Å². The van der Waals surface area contributed by atoms with Gasteiger partial charge in [-0.05, 0) is 42.5 Å². The molecule has 1 fully saturated rings. The summed E-state index contributed by atoms with van der Waals surface area (Å²) in [5.74, 6) is -0.173. The van der Waals surface area contributed by atoms with Gasteiger partial charge in [0.1, 0.15) is 5.82 Å². The summed E-state index contributed by atoms with van der Waals surface area (Å²) in [4.78, 5) is 11.6. The molecule has 1 aliphatic heterocycles. The highest BCUT2D eigenvalue weighted by molar-refractivity contribution is 5.87. The number of hydrogen-bond acceptors (Lipinski definition) is 2. The highest BCUT2D eigenvalue weighted by atomic mass is 19.1. The summed E-state index contributed by atoms with van der Waals surface area (Å²) in [7, 11) is 0. The molecular formula is C15H18FNO2. The van der Waals surface area contributed by atoms with Gasteiger partial charge < -0.3 is 10.1 Å². The van der Waals surface area contributed by atoms with E-state index in [0.29, 0.717) is 19.1 Å². The lowest BCUT2D eigenvalue weighted by atomic mass is 9.87. The average Bonchev–Trinajstić information content (AvgIpc) is 2.46. The zero-order chi connectivity index (χ0) is 13.7. The molecule has 1 saturated heterocycles. The Morgan fingerprint density at radius 1 is 1.37 bits per heavy atom.